The van der Waals surface area contributed by atoms with E-state index in [1.165, 1.54) is 29.2 Å². The van der Waals surface area contributed by atoms with Gasteiger partial charge in [-0.1, -0.05) is 44.2 Å². The van der Waals surface area contributed by atoms with Gasteiger partial charge in [0, 0.05) is 10.8 Å². The lowest BCUT2D eigenvalue weighted by Crippen LogP contribution is -2.11. The van der Waals surface area contributed by atoms with E-state index in [1.54, 1.807) is 10.7 Å². The number of thiazole rings is 1. The summed E-state index contributed by atoms with van der Waals surface area (Å²) < 4.78 is 18.5. The van der Waals surface area contributed by atoms with E-state index in [0.717, 1.165) is 16.7 Å². The van der Waals surface area contributed by atoms with Crippen molar-refractivity contribution in [3.05, 3.63) is 98.2 Å². The zero-order chi connectivity index (χ0) is 26.2. The van der Waals surface area contributed by atoms with Crippen LogP contribution in [0.3, 0.4) is 0 Å². The molecule has 5 aromatic rings. The first-order valence-corrected chi connectivity index (χ1v) is 12.8. The fourth-order valence-electron chi connectivity index (χ4n) is 4.14. The third kappa shape index (κ3) is 4.46. The minimum absolute atomic E-state index is 0.0151. The molecule has 0 aliphatic carbocycles. The number of ether oxygens (including phenoxy) is 2. The summed E-state index contributed by atoms with van der Waals surface area (Å²) in [6.07, 6.45) is 1.43. The largest absolute Gasteiger partial charge is 0.454 e. The van der Waals surface area contributed by atoms with Gasteiger partial charge in [0.05, 0.1) is 28.5 Å². The SMILES string of the molecule is CC(C)c1ccc(N=c2scc(-c3cc4ccccc4o3)n2N=Cc2cc3c(cc2[N+](=O)[O-])OCO3)cc1. The van der Waals surface area contributed by atoms with E-state index >= 15 is 0 Å². The molecule has 6 rings (SSSR count). The number of furan rings is 1. The number of hydrogen-bond acceptors (Lipinski definition) is 8. The first-order valence-electron chi connectivity index (χ1n) is 11.9. The van der Waals surface area contributed by atoms with Crippen molar-refractivity contribution in [3.63, 3.8) is 0 Å². The summed E-state index contributed by atoms with van der Waals surface area (Å²) in [5.41, 5.74) is 3.55. The first kappa shape index (κ1) is 23.7. The predicted octanol–water partition coefficient (Wildman–Crippen LogP) is 6.84. The van der Waals surface area contributed by atoms with Crippen LogP contribution in [0.15, 0.2) is 86.6 Å². The molecule has 10 heteroatoms. The molecule has 9 nitrogen and oxygen atoms in total. The van der Waals surface area contributed by atoms with Crippen molar-refractivity contribution >= 4 is 39.9 Å². The highest BCUT2D eigenvalue weighted by molar-refractivity contribution is 7.07. The van der Waals surface area contributed by atoms with Crippen LogP contribution in [-0.2, 0) is 0 Å². The molecule has 0 N–H and O–H groups in total. The van der Waals surface area contributed by atoms with Crippen molar-refractivity contribution in [2.24, 2.45) is 10.1 Å². The lowest BCUT2D eigenvalue weighted by molar-refractivity contribution is -0.385. The second kappa shape index (κ2) is 9.64. The van der Waals surface area contributed by atoms with Crippen LogP contribution in [0.4, 0.5) is 11.4 Å². The van der Waals surface area contributed by atoms with E-state index in [0.29, 0.717) is 33.7 Å². The van der Waals surface area contributed by atoms with Crippen LogP contribution in [0.1, 0.15) is 30.9 Å². The predicted molar refractivity (Wildman–Crippen MR) is 145 cm³/mol. The van der Waals surface area contributed by atoms with Crippen LogP contribution < -0.4 is 14.3 Å². The van der Waals surface area contributed by atoms with E-state index in [1.807, 2.05) is 47.8 Å². The van der Waals surface area contributed by atoms with Crippen LogP contribution in [0.25, 0.3) is 22.4 Å². The van der Waals surface area contributed by atoms with Gasteiger partial charge in [0.15, 0.2) is 17.3 Å². The van der Waals surface area contributed by atoms with Gasteiger partial charge in [-0.15, -0.1) is 11.3 Å². The maximum absolute atomic E-state index is 11.8. The van der Waals surface area contributed by atoms with Gasteiger partial charge in [-0.25, -0.2) is 9.67 Å². The number of fused-ring (bicyclic) bond motifs is 2. The van der Waals surface area contributed by atoms with Crippen molar-refractivity contribution in [2.45, 2.75) is 19.8 Å². The molecule has 1 aliphatic heterocycles. The van der Waals surface area contributed by atoms with Gasteiger partial charge in [0.1, 0.15) is 11.3 Å². The Hall–Kier alpha value is -4.70. The monoisotopic (exact) mass is 526 g/mol. The van der Waals surface area contributed by atoms with Crippen LogP contribution in [0, 0.1) is 10.1 Å². The van der Waals surface area contributed by atoms with Gasteiger partial charge < -0.3 is 13.9 Å². The highest BCUT2D eigenvalue weighted by Crippen LogP contribution is 2.37. The average Bonchev–Trinajstić information content (AvgIpc) is 3.64. The van der Waals surface area contributed by atoms with E-state index < -0.39 is 4.92 Å². The third-order valence-electron chi connectivity index (χ3n) is 6.18. The molecule has 190 valence electrons. The summed E-state index contributed by atoms with van der Waals surface area (Å²) in [5, 5.41) is 19.3. The number of para-hydroxylation sites is 1. The fraction of sp³-hybridized carbons (Fsp3) is 0.143. The molecule has 0 saturated heterocycles. The van der Waals surface area contributed by atoms with Crippen molar-refractivity contribution in [3.8, 4) is 23.0 Å². The Labute approximate surface area is 221 Å². The Kier molecular flexibility index (Phi) is 6.01. The fourth-order valence-corrected chi connectivity index (χ4v) is 4.98. The van der Waals surface area contributed by atoms with Crippen molar-refractivity contribution in [2.75, 3.05) is 6.79 Å². The Morgan fingerprint density at radius 1 is 1.05 bits per heavy atom. The summed E-state index contributed by atoms with van der Waals surface area (Å²) in [5.74, 6) is 1.79. The second-order valence-electron chi connectivity index (χ2n) is 8.99. The van der Waals surface area contributed by atoms with E-state index in [2.05, 4.69) is 31.1 Å². The average molecular weight is 527 g/mol. The standard InChI is InChI=1S/C28H22N4O5S/c1-17(2)18-7-9-21(10-8-18)30-28-31(23(15-38-28)25-11-19-5-3-4-6-24(19)37-25)29-14-20-12-26-27(36-16-35-26)13-22(20)32(33)34/h3-15,17H,16H2,1-2H3. The van der Waals surface area contributed by atoms with Gasteiger partial charge in [-0.2, -0.15) is 5.10 Å². The van der Waals surface area contributed by atoms with Crippen molar-refractivity contribution in [1.82, 2.24) is 4.68 Å². The molecule has 3 aromatic carbocycles. The summed E-state index contributed by atoms with van der Waals surface area (Å²) in [6.45, 7) is 4.30. The lowest BCUT2D eigenvalue weighted by atomic mass is 10.0. The summed E-state index contributed by atoms with van der Waals surface area (Å²) in [7, 11) is 0. The number of benzene rings is 3. The van der Waals surface area contributed by atoms with Gasteiger partial charge in [-0.3, -0.25) is 10.1 Å². The molecule has 3 heterocycles. The molecule has 0 spiro atoms. The van der Waals surface area contributed by atoms with Gasteiger partial charge in [-0.05, 0) is 41.8 Å². The number of rotatable bonds is 6. The van der Waals surface area contributed by atoms with Crippen molar-refractivity contribution in [1.29, 1.82) is 0 Å². The van der Waals surface area contributed by atoms with Crippen LogP contribution in [0.2, 0.25) is 0 Å². The molecule has 1 aliphatic rings. The Bertz CT molecular complexity index is 1730. The third-order valence-corrected chi connectivity index (χ3v) is 6.99. The van der Waals surface area contributed by atoms with E-state index in [9.17, 15) is 10.1 Å². The van der Waals surface area contributed by atoms with Crippen LogP contribution in [-0.4, -0.2) is 22.6 Å². The molecule has 0 amide bonds. The zero-order valence-electron chi connectivity index (χ0n) is 20.5. The first-order chi connectivity index (χ1) is 18.5. The second-order valence-corrected chi connectivity index (χ2v) is 9.82. The van der Waals surface area contributed by atoms with Gasteiger partial charge in [0.2, 0.25) is 11.6 Å². The van der Waals surface area contributed by atoms with Crippen LogP contribution in [0.5, 0.6) is 11.5 Å². The molecule has 0 radical (unpaired) electrons. The smallest absolute Gasteiger partial charge is 0.282 e. The van der Waals surface area contributed by atoms with E-state index in [-0.39, 0.29) is 18.0 Å². The summed E-state index contributed by atoms with van der Waals surface area (Å²) in [6, 6.07) is 20.6. The minimum atomic E-state index is -0.469. The number of hydrogen-bond donors (Lipinski definition) is 0. The molecular formula is C28H22N4O5S. The normalized spacial score (nSPS) is 13.3. The molecular weight excluding hydrogens is 504 g/mol. The quantitative estimate of drug-likeness (QED) is 0.137. The maximum atomic E-state index is 11.8. The molecule has 0 atom stereocenters. The molecule has 2 aromatic heterocycles. The number of nitro groups is 1. The molecule has 38 heavy (non-hydrogen) atoms. The molecule has 0 saturated carbocycles. The Morgan fingerprint density at radius 2 is 1.82 bits per heavy atom. The zero-order valence-corrected chi connectivity index (χ0v) is 21.3. The topological polar surface area (TPSA) is 104 Å². The van der Waals surface area contributed by atoms with Crippen molar-refractivity contribution < 1.29 is 18.8 Å². The Morgan fingerprint density at radius 3 is 2.55 bits per heavy atom. The van der Waals surface area contributed by atoms with E-state index in [4.69, 9.17) is 18.9 Å². The van der Waals surface area contributed by atoms with Crippen LogP contribution >= 0.6 is 11.3 Å². The molecule has 0 bridgehead atoms. The molecule has 0 fully saturated rings. The lowest BCUT2D eigenvalue weighted by Gasteiger charge is -2.05. The maximum Gasteiger partial charge on any atom is 0.282 e. The van der Waals surface area contributed by atoms with Gasteiger partial charge >= 0.3 is 0 Å². The summed E-state index contributed by atoms with van der Waals surface area (Å²) >= 11 is 1.40. The van der Waals surface area contributed by atoms with Gasteiger partial charge in [0.25, 0.3) is 5.69 Å². The summed E-state index contributed by atoms with van der Waals surface area (Å²) in [4.78, 5) is 16.7. The Balaban J connectivity index is 1.49. The number of nitrogens with zero attached hydrogens (tertiary/aromatic N) is 4. The minimum Gasteiger partial charge on any atom is -0.454 e. The highest BCUT2D eigenvalue weighted by atomic mass is 32.1. The molecule has 0 unspecified atom stereocenters. The number of aromatic nitrogens is 1. The highest BCUT2D eigenvalue weighted by Gasteiger charge is 2.23. The number of nitro benzene ring substituents is 1.